The fraction of sp³-hybridized carbons (Fsp3) is 0.0857. The van der Waals surface area contributed by atoms with Gasteiger partial charge < -0.3 is 60.8 Å². The first-order valence-corrected chi connectivity index (χ1v) is 18.2. The quantitative estimate of drug-likeness (QED) is 0.0795. The summed E-state index contributed by atoms with van der Waals surface area (Å²) in [5.74, 6) is -1.15. The van der Waals surface area contributed by atoms with E-state index in [2.05, 4.69) is 81.1 Å². The highest BCUT2D eigenvalue weighted by atomic mass is 79.9. The Morgan fingerprint density at radius 3 is 1.43 bits per heavy atom. The van der Waals surface area contributed by atoms with Crippen LogP contribution < -0.4 is 45.5 Å². The number of alkyl halides is 1. The lowest BCUT2D eigenvalue weighted by Crippen LogP contribution is -2.07. The number of hydrogen-bond acceptors (Lipinski definition) is 23. The lowest BCUT2D eigenvalue weighted by atomic mass is 10.2. The third-order valence-electron chi connectivity index (χ3n) is 7.52. The molecule has 8 aromatic rings. The molecule has 0 saturated carbocycles. The monoisotopic (exact) mass is 894 g/mol. The summed E-state index contributed by atoms with van der Waals surface area (Å²) in [4.78, 5) is 69.1. The maximum atomic E-state index is 11.0. The van der Waals surface area contributed by atoms with E-state index >= 15 is 0 Å². The van der Waals surface area contributed by atoms with Crippen molar-refractivity contribution in [2.45, 2.75) is 18.5 Å². The maximum absolute atomic E-state index is 11.0. The zero-order valence-corrected chi connectivity index (χ0v) is 33.0. The van der Waals surface area contributed by atoms with Crippen LogP contribution in [0, 0.1) is 0 Å². The van der Waals surface area contributed by atoms with Crippen LogP contribution in [0.15, 0.2) is 67.1 Å². The number of carboxylic acids is 2. The second-order valence-corrected chi connectivity index (χ2v) is 12.5. The molecule has 6 heterocycles. The minimum absolute atomic E-state index is 0.0423. The smallest absolute Gasteiger partial charge is 0.335 e. The highest BCUT2D eigenvalue weighted by Gasteiger charge is 2.10. The fourth-order valence-electron chi connectivity index (χ4n) is 4.80. The van der Waals surface area contributed by atoms with Crippen molar-refractivity contribution in [1.82, 2.24) is 59.8 Å². The Hall–Kier alpha value is -8.52. The van der Waals surface area contributed by atoms with E-state index in [1.807, 2.05) is 0 Å². The summed E-state index contributed by atoms with van der Waals surface area (Å²) in [6.45, 7) is 0.141. The van der Waals surface area contributed by atoms with Gasteiger partial charge in [0.05, 0.1) is 60.0 Å². The van der Waals surface area contributed by atoms with Gasteiger partial charge in [0, 0.05) is 16.7 Å². The Bertz CT molecular complexity index is 2780. The molecule has 0 atom stereocenters. The molecule has 0 unspecified atom stereocenters. The van der Waals surface area contributed by atoms with E-state index in [1.165, 1.54) is 30.5 Å². The van der Waals surface area contributed by atoms with Crippen LogP contribution in [0.2, 0.25) is 0 Å². The van der Waals surface area contributed by atoms with E-state index in [1.54, 1.807) is 36.7 Å². The molecule has 0 aliphatic heterocycles. The Morgan fingerprint density at radius 2 is 0.984 bits per heavy atom. The molecular weight excluding hydrogens is 860 g/mol. The number of hydrogen-bond donors (Lipinski definition) is 11. The highest BCUT2D eigenvalue weighted by Crippen LogP contribution is 2.18. The number of nitrogen functional groups attached to an aromatic ring is 7. The molecule has 0 saturated heterocycles. The zero-order valence-electron chi connectivity index (χ0n) is 31.4. The normalized spacial score (nSPS) is 10.4. The Kier molecular flexibility index (Phi) is 14.1. The second kappa shape index (κ2) is 19.8. The van der Waals surface area contributed by atoms with Crippen LogP contribution in [-0.2, 0) is 18.5 Å². The van der Waals surface area contributed by atoms with Gasteiger partial charge in [-0.15, -0.1) is 0 Å². The van der Waals surface area contributed by atoms with Crippen molar-refractivity contribution in [2.75, 3.05) is 45.5 Å². The van der Waals surface area contributed by atoms with Crippen LogP contribution in [0.25, 0.3) is 33.5 Å². The Balaban J connectivity index is 0.000000162. The van der Waals surface area contributed by atoms with Crippen molar-refractivity contribution in [3.05, 3.63) is 95.3 Å². The number of carbonyl (C=O) groups is 2. The van der Waals surface area contributed by atoms with Gasteiger partial charge in [-0.3, -0.25) is 0 Å². The third-order valence-corrected chi connectivity index (χ3v) is 8.09. The van der Waals surface area contributed by atoms with Crippen LogP contribution in [-0.4, -0.2) is 87.1 Å². The van der Waals surface area contributed by atoms with E-state index in [4.69, 9.17) is 55.5 Å². The number of rotatable bonds is 7. The first-order valence-electron chi connectivity index (χ1n) is 17.1. The van der Waals surface area contributed by atoms with Gasteiger partial charge in [-0.2, -0.15) is 29.9 Å². The lowest BCUT2D eigenvalue weighted by Gasteiger charge is -2.08. The van der Waals surface area contributed by atoms with Gasteiger partial charge >= 0.3 is 11.9 Å². The number of anilines is 8. The van der Waals surface area contributed by atoms with Gasteiger partial charge in [-0.1, -0.05) is 28.1 Å². The second-order valence-electron chi connectivity index (χ2n) is 12.0. The SMILES string of the molecule is Nc1cccc(C(=O)O)c1.Nc1nc(N)c2nc(CBr)cnc2n1.Nc1nc(N)c2nc(CNc3cccc(C(=O)O)c3)cnc2n1.Nc1nc(N)c2nc(CO)cnc2n1. The Labute approximate surface area is 351 Å². The van der Waals surface area contributed by atoms with Gasteiger partial charge in [-0.05, 0) is 36.4 Å². The number of nitrogens with one attached hydrogen (secondary N) is 1. The van der Waals surface area contributed by atoms with Crippen molar-refractivity contribution in [1.29, 1.82) is 0 Å². The van der Waals surface area contributed by atoms with Crippen LogP contribution in [0.1, 0.15) is 37.8 Å². The van der Waals surface area contributed by atoms with E-state index in [-0.39, 0.29) is 53.0 Å². The molecule has 0 aliphatic rings. The molecule has 312 valence electrons. The molecule has 0 bridgehead atoms. The minimum Gasteiger partial charge on any atom is -0.478 e. The van der Waals surface area contributed by atoms with Crippen molar-refractivity contribution < 1.29 is 24.9 Å². The predicted molar refractivity (Wildman–Crippen MR) is 229 cm³/mol. The van der Waals surface area contributed by atoms with Crippen molar-refractivity contribution in [3.63, 3.8) is 0 Å². The molecule has 61 heavy (non-hydrogen) atoms. The zero-order chi connectivity index (χ0) is 44.2. The molecule has 6 aromatic heterocycles. The van der Waals surface area contributed by atoms with Crippen LogP contribution >= 0.6 is 15.9 Å². The number of aromatic nitrogens is 12. The van der Waals surface area contributed by atoms with E-state index < -0.39 is 11.9 Å². The van der Waals surface area contributed by atoms with E-state index in [0.717, 1.165) is 5.69 Å². The first kappa shape index (κ1) is 43.6. The molecule has 18 N–H and O–H groups in total. The number of fused-ring (bicyclic) bond motifs is 3. The molecule has 0 spiro atoms. The summed E-state index contributed by atoms with van der Waals surface area (Å²) < 4.78 is 0. The maximum Gasteiger partial charge on any atom is 0.335 e. The average molecular weight is 896 g/mol. The predicted octanol–water partition coefficient (Wildman–Crippen LogP) is 1.42. The summed E-state index contributed by atoms with van der Waals surface area (Å²) in [5, 5.41) is 30.0. The van der Waals surface area contributed by atoms with Gasteiger partial charge in [0.1, 0.15) is 0 Å². The molecule has 0 radical (unpaired) electrons. The molecule has 0 fully saturated rings. The number of halogens is 1. The van der Waals surface area contributed by atoms with Crippen molar-refractivity contribution in [3.8, 4) is 0 Å². The molecule has 25 nitrogen and oxygen atoms in total. The number of aromatic carboxylic acids is 2. The number of benzene rings is 2. The minimum atomic E-state index is -0.985. The van der Waals surface area contributed by atoms with Crippen molar-refractivity contribution >= 4 is 108 Å². The first-order chi connectivity index (χ1) is 29.1. The van der Waals surface area contributed by atoms with E-state index in [0.29, 0.717) is 68.1 Å². The van der Waals surface area contributed by atoms with E-state index in [9.17, 15) is 9.59 Å². The number of nitrogens with zero attached hydrogens (tertiary/aromatic N) is 12. The molecule has 0 amide bonds. The molecule has 8 rings (SSSR count). The number of carboxylic acid groups (broad SMARTS) is 2. The molecule has 2 aromatic carbocycles. The Morgan fingerprint density at radius 1 is 0.557 bits per heavy atom. The fourth-order valence-corrected chi connectivity index (χ4v) is 5.07. The topological polar surface area (TPSA) is 444 Å². The van der Waals surface area contributed by atoms with Crippen molar-refractivity contribution in [2.24, 2.45) is 0 Å². The summed E-state index contributed by atoms with van der Waals surface area (Å²) in [6, 6.07) is 12.7. The van der Waals surface area contributed by atoms with Gasteiger partial charge in [-0.25, -0.2) is 39.5 Å². The van der Waals surface area contributed by atoms with Crippen LogP contribution in [0.3, 0.4) is 0 Å². The summed E-state index contributed by atoms with van der Waals surface area (Å²) in [6.07, 6.45) is 4.57. The third kappa shape index (κ3) is 11.8. The molecule has 26 heteroatoms. The molecular formula is C35H35BrN20O5. The number of aliphatic hydroxyl groups excluding tert-OH is 1. The number of aliphatic hydroxyl groups is 1. The highest BCUT2D eigenvalue weighted by molar-refractivity contribution is 9.08. The largest absolute Gasteiger partial charge is 0.478 e. The van der Waals surface area contributed by atoms with Gasteiger partial charge in [0.2, 0.25) is 17.8 Å². The van der Waals surface area contributed by atoms with Crippen LogP contribution in [0.4, 0.5) is 46.7 Å². The average Bonchev–Trinajstić information content (AvgIpc) is 3.23. The standard InChI is InChI=1S/C14H13N7O2.C7H7BrN6.C7H8N6O.C7H7NO2/c15-11-10-12(21-14(16)20-11)18-6-9(19-10)5-17-8-3-1-2-7(4-8)13(22)23;8-1-3-2-11-6-4(12-3)5(9)13-7(10)14-6;8-5-4-6(13-7(9)12-5)10-1-3(2-14)11-4;8-6-3-1-2-5(4-6)7(9)10/h1-4,6,17H,5H2,(H,22,23)(H4,15,16,18,20,21);2H,1H2,(H4,9,10,11,13,14);1,14H,2H2,(H4,8,9,10,12,13);1-4H,8H2,(H,9,10). The molecule has 0 aliphatic carbocycles. The van der Waals surface area contributed by atoms with Gasteiger partial charge in [0.15, 0.2) is 50.9 Å². The summed E-state index contributed by atoms with van der Waals surface area (Å²) >= 11 is 3.27. The summed E-state index contributed by atoms with van der Waals surface area (Å²) in [7, 11) is 0. The number of nitrogens with two attached hydrogens (primary N) is 7. The van der Waals surface area contributed by atoms with Gasteiger partial charge in [0.25, 0.3) is 0 Å². The summed E-state index contributed by atoms with van der Waals surface area (Å²) in [5.41, 5.74) is 44.2. The lowest BCUT2D eigenvalue weighted by molar-refractivity contribution is 0.0686. The van der Waals surface area contributed by atoms with Crippen LogP contribution in [0.5, 0.6) is 0 Å².